The number of ether oxygens (including phenoxy) is 1. The van der Waals surface area contributed by atoms with Crippen molar-refractivity contribution in [3.63, 3.8) is 0 Å². The van der Waals surface area contributed by atoms with Crippen LogP contribution in [0.5, 0.6) is 0 Å². The summed E-state index contributed by atoms with van der Waals surface area (Å²) in [6, 6.07) is 8.13. The third kappa shape index (κ3) is 4.66. The summed E-state index contributed by atoms with van der Waals surface area (Å²) in [6.07, 6.45) is 2.82. The number of anilines is 1. The first-order valence-electron chi connectivity index (χ1n) is 9.36. The van der Waals surface area contributed by atoms with Crippen LogP contribution in [-0.2, 0) is 9.53 Å². The smallest absolute Gasteiger partial charge is 0.276 e. The standard InChI is InChI=1S/C20H28N4O2S/c1-21(2)17-7-5-16(6-8-17)15-18-19(25)24(20(27)22(18)3)10-4-9-23-11-13-26-14-12-23/h5-8,15H,4,9-14H2,1-3H3/b18-15-. The second kappa shape index (κ2) is 8.82. The number of carbonyl (C=O) groups excluding carboxylic acids is 1. The molecule has 2 saturated heterocycles. The number of morpholine rings is 1. The van der Waals surface area contributed by atoms with Gasteiger partial charge in [0.25, 0.3) is 5.91 Å². The van der Waals surface area contributed by atoms with E-state index >= 15 is 0 Å². The first-order valence-corrected chi connectivity index (χ1v) is 9.77. The molecule has 1 aromatic rings. The van der Waals surface area contributed by atoms with Gasteiger partial charge in [-0.25, -0.2) is 0 Å². The zero-order valence-electron chi connectivity index (χ0n) is 16.4. The maximum atomic E-state index is 12.9. The molecule has 7 heteroatoms. The minimum Gasteiger partial charge on any atom is -0.379 e. The van der Waals surface area contributed by atoms with E-state index in [-0.39, 0.29) is 5.91 Å². The molecule has 3 rings (SSSR count). The van der Waals surface area contributed by atoms with Crippen molar-refractivity contribution in [2.24, 2.45) is 0 Å². The normalized spacial score (nSPS) is 20.0. The van der Waals surface area contributed by atoms with E-state index in [1.165, 1.54) is 0 Å². The molecular weight excluding hydrogens is 360 g/mol. The van der Waals surface area contributed by atoms with E-state index in [1.54, 1.807) is 4.90 Å². The number of benzene rings is 1. The summed E-state index contributed by atoms with van der Waals surface area (Å²) in [6.45, 7) is 5.13. The molecule has 0 saturated carbocycles. The minimum atomic E-state index is -0.0128. The molecule has 2 fully saturated rings. The fourth-order valence-corrected chi connectivity index (χ4v) is 3.58. The number of carbonyl (C=O) groups is 1. The quantitative estimate of drug-likeness (QED) is 0.547. The van der Waals surface area contributed by atoms with Crippen molar-refractivity contribution in [1.29, 1.82) is 0 Å². The van der Waals surface area contributed by atoms with Crippen LogP contribution in [0, 0.1) is 0 Å². The van der Waals surface area contributed by atoms with Crippen LogP contribution in [0.1, 0.15) is 12.0 Å². The van der Waals surface area contributed by atoms with Crippen LogP contribution in [0.2, 0.25) is 0 Å². The van der Waals surface area contributed by atoms with Crippen LogP contribution in [-0.4, -0.2) is 86.3 Å². The van der Waals surface area contributed by atoms with Crippen LogP contribution in [0.15, 0.2) is 30.0 Å². The van der Waals surface area contributed by atoms with E-state index in [9.17, 15) is 4.79 Å². The van der Waals surface area contributed by atoms with Crippen LogP contribution in [0.4, 0.5) is 5.69 Å². The Balaban J connectivity index is 1.63. The summed E-state index contributed by atoms with van der Waals surface area (Å²) in [5.74, 6) is -0.0128. The summed E-state index contributed by atoms with van der Waals surface area (Å²) < 4.78 is 5.37. The van der Waals surface area contributed by atoms with E-state index in [1.807, 2.05) is 56.4 Å². The van der Waals surface area contributed by atoms with Crippen molar-refractivity contribution in [3.8, 4) is 0 Å². The third-order valence-electron chi connectivity index (χ3n) is 5.02. The van der Waals surface area contributed by atoms with E-state index in [0.717, 1.165) is 50.5 Å². The lowest BCUT2D eigenvalue weighted by atomic mass is 10.1. The van der Waals surface area contributed by atoms with Gasteiger partial charge in [-0.2, -0.15) is 0 Å². The Morgan fingerprint density at radius 2 is 1.81 bits per heavy atom. The number of likely N-dealkylation sites (N-methyl/N-ethyl adjacent to an activating group) is 1. The highest BCUT2D eigenvalue weighted by atomic mass is 32.1. The van der Waals surface area contributed by atoms with Crippen LogP contribution in [0.25, 0.3) is 6.08 Å². The molecule has 6 nitrogen and oxygen atoms in total. The zero-order chi connectivity index (χ0) is 19.4. The topological polar surface area (TPSA) is 39.3 Å². The molecule has 0 radical (unpaired) electrons. The highest BCUT2D eigenvalue weighted by Crippen LogP contribution is 2.23. The summed E-state index contributed by atoms with van der Waals surface area (Å²) in [7, 11) is 5.88. The lowest BCUT2D eigenvalue weighted by Gasteiger charge is -2.27. The predicted octanol–water partition coefficient (Wildman–Crippen LogP) is 1.87. The van der Waals surface area contributed by atoms with Gasteiger partial charge in [0.15, 0.2) is 5.11 Å². The minimum absolute atomic E-state index is 0.0128. The largest absolute Gasteiger partial charge is 0.379 e. The molecule has 0 bridgehead atoms. The van der Waals surface area contributed by atoms with E-state index in [2.05, 4.69) is 9.80 Å². The van der Waals surface area contributed by atoms with Gasteiger partial charge in [-0.05, 0) is 42.4 Å². The number of hydrogen-bond donors (Lipinski definition) is 0. The number of nitrogens with zero attached hydrogens (tertiary/aromatic N) is 4. The average Bonchev–Trinajstić information content (AvgIpc) is 2.87. The van der Waals surface area contributed by atoms with Crippen molar-refractivity contribution < 1.29 is 9.53 Å². The number of thiocarbonyl (C=S) groups is 1. The Kier molecular flexibility index (Phi) is 6.46. The Labute approximate surface area is 167 Å². The van der Waals surface area contributed by atoms with E-state index < -0.39 is 0 Å². The van der Waals surface area contributed by atoms with Crippen LogP contribution < -0.4 is 4.90 Å². The van der Waals surface area contributed by atoms with Gasteiger partial charge in [0.05, 0.1) is 13.2 Å². The molecule has 0 aliphatic carbocycles. The predicted molar refractivity (Wildman–Crippen MR) is 113 cm³/mol. The lowest BCUT2D eigenvalue weighted by molar-refractivity contribution is -0.122. The molecule has 2 aliphatic rings. The fourth-order valence-electron chi connectivity index (χ4n) is 3.31. The second-order valence-electron chi connectivity index (χ2n) is 7.12. The maximum Gasteiger partial charge on any atom is 0.276 e. The molecule has 0 spiro atoms. The molecule has 2 heterocycles. The van der Waals surface area contributed by atoms with Gasteiger partial charge in [-0.15, -0.1) is 0 Å². The number of amides is 1. The summed E-state index contributed by atoms with van der Waals surface area (Å²) in [5, 5.41) is 0.582. The Hall–Kier alpha value is -1.96. The zero-order valence-corrected chi connectivity index (χ0v) is 17.2. The first-order chi connectivity index (χ1) is 13.0. The molecule has 0 aromatic heterocycles. The van der Waals surface area contributed by atoms with Crippen LogP contribution >= 0.6 is 12.2 Å². The summed E-state index contributed by atoms with van der Waals surface area (Å²) >= 11 is 5.51. The fraction of sp³-hybridized carbons (Fsp3) is 0.500. The van der Waals surface area contributed by atoms with E-state index in [0.29, 0.717) is 17.4 Å². The van der Waals surface area contributed by atoms with Gasteiger partial charge in [-0.1, -0.05) is 12.1 Å². The van der Waals surface area contributed by atoms with E-state index in [4.69, 9.17) is 17.0 Å². The third-order valence-corrected chi connectivity index (χ3v) is 5.51. The molecule has 1 amide bonds. The molecule has 0 unspecified atom stereocenters. The molecule has 1 aromatic carbocycles. The molecule has 27 heavy (non-hydrogen) atoms. The van der Waals surface area contributed by atoms with Gasteiger partial charge in [0.1, 0.15) is 5.70 Å². The Morgan fingerprint density at radius 3 is 2.44 bits per heavy atom. The highest BCUT2D eigenvalue weighted by Gasteiger charge is 2.35. The van der Waals surface area contributed by atoms with Gasteiger partial charge < -0.3 is 14.5 Å². The molecule has 0 atom stereocenters. The number of hydrogen-bond acceptors (Lipinski definition) is 5. The first kappa shape index (κ1) is 19.8. The van der Waals surface area contributed by atoms with Crippen molar-refractivity contribution in [1.82, 2.24) is 14.7 Å². The van der Waals surface area contributed by atoms with Crippen molar-refractivity contribution in [2.45, 2.75) is 6.42 Å². The summed E-state index contributed by atoms with van der Waals surface area (Å²) in [4.78, 5) is 20.8. The molecule has 2 aliphatic heterocycles. The Bertz CT molecular complexity index is 711. The summed E-state index contributed by atoms with van der Waals surface area (Å²) in [5.41, 5.74) is 2.75. The molecule has 0 N–H and O–H groups in total. The van der Waals surface area contributed by atoms with Crippen molar-refractivity contribution >= 4 is 35.0 Å². The van der Waals surface area contributed by atoms with Gasteiger partial charge in [0.2, 0.25) is 0 Å². The van der Waals surface area contributed by atoms with Crippen molar-refractivity contribution in [2.75, 3.05) is 65.4 Å². The maximum absolute atomic E-state index is 12.9. The van der Waals surface area contributed by atoms with Crippen molar-refractivity contribution in [3.05, 3.63) is 35.5 Å². The molecule has 146 valence electrons. The highest BCUT2D eigenvalue weighted by molar-refractivity contribution is 7.80. The number of rotatable bonds is 6. The van der Waals surface area contributed by atoms with Gasteiger partial charge in [0, 0.05) is 53.0 Å². The average molecular weight is 389 g/mol. The van der Waals surface area contributed by atoms with Gasteiger partial charge in [-0.3, -0.25) is 14.6 Å². The van der Waals surface area contributed by atoms with Crippen LogP contribution in [0.3, 0.4) is 0 Å². The SMILES string of the molecule is CN1C(=S)N(CCCN2CCOCC2)C(=O)/C1=C/c1ccc(N(C)C)cc1. The van der Waals surface area contributed by atoms with Gasteiger partial charge >= 0.3 is 0 Å². The second-order valence-corrected chi connectivity index (χ2v) is 7.49. The Morgan fingerprint density at radius 1 is 1.15 bits per heavy atom. The molecular formula is C20H28N4O2S. The monoisotopic (exact) mass is 388 g/mol. The lowest BCUT2D eigenvalue weighted by Crippen LogP contribution is -2.39.